The van der Waals surface area contributed by atoms with Gasteiger partial charge in [0.1, 0.15) is 31.0 Å². The number of nitrogens with one attached hydrogen (secondary N) is 1. The highest BCUT2D eigenvalue weighted by molar-refractivity contribution is 6.42. The van der Waals surface area contributed by atoms with Gasteiger partial charge in [0.15, 0.2) is 17.6 Å². The highest BCUT2D eigenvalue weighted by Gasteiger charge is 2.40. The number of carboxylic acid groups (broad SMARTS) is 1. The van der Waals surface area contributed by atoms with Gasteiger partial charge in [0, 0.05) is 37.2 Å². The smallest absolute Gasteiger partial charge is 0.326 e. The first-order chi connectivity index (χ1) is 28.5. The number of halogens is 2. The number of nitrogens with zero attached hydrogens (tertiary/aromatic N) is 2. The molecule has 3 heterocycles. The summed E-state index contributed by atoms with van der Waals surface area (Å²) in [6.45, 7) is 4.80. The molecule has 12 heteroatoms. The lowest BCUT2D eigenvalue weighted by atomic mass is 9.90. The number of hydrogen-bond donors (Lipinski definition) is 2. The van der Waals surface area contributed by atoms with Crippen LogP contribution in [0.25, 0.3) is 11.1 Å². The highest BCUT2D eigenvalue weighted by Crippen LogP contribution is 2.42. The average Bonchev–Trinajstić information content (AvgIpc) is 3.79. The second-order valence-corrected chi connectivity index (χ2v) is 16.4. The molecule has 0 radical (unpaired) electrons. The van der Waals surface area contributed by atoms with E-state index in [1.54, 1.807) is 23.2 Å². The Morgan fingerprint density at radius 1 is 0.898 bits per heavy atom. The van der Waals surface area contributed by atoms with Crippen molar-refractivity contribution in [3.8, 4) is 28.4 Å². The molecule has 10 nitrogen and oxygen atoms in total. The number of pyridine rings is 1. The third-order valence-electron chi connectivity index (χ3n) is 11.8. The Kier molecular flexibility index (Phi) is 11.8. The molecule has 59 heavy (non-hydrogen) atoms. The van der Waals surface area contributed by atoms with E-state index in [9.17, 15) is 19.5 Å². The quantitative estimate of drug-likeness (QED) is 0.135. The average molecular weight is 835 g/mol. The van der Waals surface area contributed by atoms with Crippen molar-refractivity contribution in [1.29, 1.82) is 0 Å². The van der Waals surface area contributed by atoms with Crippen LogP contribution in [-0.4, -0.2) is 51.5 Å². The second-order valence-electron chi connectivity index (χ2n) is 15.6. The molecule has 4 aromatic carbocycles. The molecule has 8 rings (SSSR count). The fraction of sp³-hybridized carbons (Fsp3) is 0.319. The Labute approximate surface area is 353 Å². The number of ether oxygens (including phenoxy) is 3. The number of hydrogen-bond acceptors (Lipinski definition) is 7. The van der Waals surface area contributed by atoms with Crippen molar-refractivity contribution in [2.45, 2.75) is 83.7 Å². The molecule has 1 fully saturated rings. The van der Waals surface area contributed by atoms with Crippen molar-refractivity contribution in [3.05, 3.63) is 140 Å². The van der Waals surface area contributed by atoms with Gasteiger partial charge in [-0.1, -0.05) is 78.5 Å². The van der Waals surface area contributed by atoms with E-state index in [1.165, 1.54) is 0 Å². The molecule has 0 bridgehead atoms. The van der Waals surface area contributed by atoms with Crippen LogP contribution < -0.4 is 19.5 Å². The first kappa shape index (κ1) is 40.2. The van der Waals surface area contributed by atoms with Crippen LogP contribution in [0.1, 0.15) is 70.9 Å². The fourth-order valence-corrected chi connectivity index (χ4v) is 8.56. The first-order valence-electron chi connectivity index (χ1n) is 20.0. The number of amides is 2. The topological polar surface area (TPSA) is 127 Å². The Hall–Kier alpha value is -5.58. The molecule has 1 aromatic heterocycles. The van der Waals surface area contributed by atoms with Crippen molar-refractivity contribution in [2.24, 2.45) is 5.92 Å². The molecule has 2 amide bonds. The number of carbonyl (C=O) groups is 3. The summed E-state index contributed by atoms with van der Waals surface area (Å²) in [4.78, 5) is 46.8. The van der Waals surface area contributed by atoms with Crippen molar-refractivity contribution >= 4 is 41.0 Å². The van der Waals surface area contributed by atoms with Gasteiger partial charge in [-0.25, -0.2) is 4.79 Å². The maximum absolute atomic E-state index is 14.2. The van der Waals surface area contributed by atoms with E-state index < -0.39 is 24.0 Å². The van der Waals surface area contributed by atoms with E-state index in [0.29, 0.717) is 33.9 Å². The van der Waals surface area contributed by atoms with E-state index in [-0.39, 0.29) is 43.9 Å². The normalized spacial score (nSPS) is 17.9. The number of aryl methyl sites for hydroxylation is 1. The molecular formula is C47H45Cl2N3O7. The van der Waals surface area contributed by atoms with Crippen LogP contribution in [0, 0.1) is 19.8 Å². The first-order valence-corrected chi connectivity index (χ1v) is 20.7. The predicted molar refractivity (Wildman–Crippen MR) is 225 cm³/mol. The van der Waals surface area contributed by atoms with Gasteiger partial charge >= 0.3 is 5.97 Å². The maximum atomic E-state index is 14.2. The lowest BCUT2D eigenvalue weighted by Crippen LogP contribution is -2.56. The van der Waals surface area contributed by atoms with E-state index in [0.717, 1.165) is 75.9 Å². The molecule has 3 atom stereocenters. The Morgan fingerprint density at radius 2 is 1.63 bits per heavy atom. The Bertz CT molecular complexity index is 2380. The summed E-state index contributed by atoms with van der Waals surface area (Å²) in [6, 6.07) is 24.4. The van der Waals surface area contributed by atoms with E-state index in [2.05, 4.69) is 10.3 Å². The maximum Gasteiger partial charge on any atom is 0.326 e. The minimum atomic E-state index is -1.19. The van der Waals surface area contributed by atoms with Crippen LogP contribution in [-0.2, 0) is 40.4 Å². The molecule has 0 unspecified atom stereocenters. The van der Waals surface area contributed by atoms with Crippen molar-refractivity contribution in [1.82, 2.24) is 15.2 Å². The number of benzene rings is 4. The minimum absolute atomic E-state index is 0.0772. The van der Waals surface area contributed by atoms with Gasteiger partial charge in [0.05, 0.1) is 10.0 Å². The lowest BCUT2D eigenvalue weighted by molar-refractivity contribution is -0.147. The zero-order valence-corrected chi connectivity index (χ0v) is 34.4. The number of aliphatic carboxylic acids is 1. The van der Waals surface area contributed by atoms with Gasteiger partial charge < -0.3 is 29.5 Å². The Balaban J connectivity index is 0.964. The second kappa shape index (κ2) is 17.3. The van der Waals surface area contributed by atoms with Crippen LogP contribution in [0.4, 0.5) is 0 Å². The summed E-state index contributed by atoms with van der Waals surface area (Å²) in [5.41, 5.74) is 8.38. The van der Waals surface area contributed by atoms with Crippen molar-refractivity contribution in [2.75, 3.05) is 6.61 Å². The molecular weight excluding hydrogens is 789 g/mol. The van der Waals surface area contributed by atoms with Gasteiger partial charge in [0.25, 0.3) is 0 Å². The predicted octanol–water partition coefficient (Wildman–Crippen LogP) is 9.02. The summed E-state index contributed by atoms with van der Waals surface area (Å²) >= 11 is 12.2. The lowest BCUT2D eigenvalue weighted by Gasteiger charge is -2.39. The summed E-state index contributed by atoms with van der Waals surface area (Å²) in [6.07, 6.45) is 5.16. The van der Waals surface area contributed by atoms with Crippen LogP contribution in [0.2, 0.25) is 10.0 Å². The minimum Gasteiger partial charge on any atom is -0.489 e. The molecule has 304 valence electrons. The Morgan fingerprint density at radius 3 is 2.36 bits per heavy atom. The monoisotopic (exact) mass is 833 g/mol. The van der Waals surface area contributed by atoms with Gasteiger partial charge in [-0.05, 0) is 114 Å². The number of aromatic nitrogens is 1. The third-order valence-corrected chi connectivity index (χ3v) is 12.5. The molecule has 0 spiro atoms. The molecule has 2 N–H and O–H groups in total. The van der Waals surface area contributed by atoms with Gasteiger partial charge in [-0.3, -0.25) is 14.6 Å². The zero-order chi connectivity index (χ0) is 41.2. The molecule has 3 aliphatic rings. The van der Waals surface area contributed by atoms with Gasteiger partial charge in [0.2, 0.25) is 11.8 Å². The van der Waals surface area contributed by atoms with Gasteiger partial charge in [-0.15, -0.1) is 0 Å². The molecule has 2 aliphatic heterocycles. The standard InChI is InChI=1S/C47H45Cl2N3O7/c1-27-28(2)50-18-17-37(27)31-10-7-29(8-11-31)20-40(47(55)56)51-45(53)41-21-34-22-42-43(23-35(34)24-52(41)46(54)33-5-3-4-6-33)59-44(26-58-42)32-12-14-36(15-13-32)57-25-30-9-16-38(48)39(49)19-30/h7-19,22-23,33,40-41,44H,3-6,20-21,24-26H2,1-2H3,(H,51,53)(H,55,56)/t40-,41-,44+/m0/s1. The molecule has 0 saturated heterocycles. The molecule has 1 aliphatic carbocycles. The largest absolute Gasteiger partial charge is 0.489 e. The van der Waals surface area contributed by atoms with Crippen LogP contribution >= 0.6 is 23.2 Å². The number of carboxylic acids is 1. The van der Waals surface area contributed by atoms with Crippen LogP contribution in [0.3, 0.4) is 0 Å². The summed E-state index contributed by atoms with van der Waals surface area (Å²) in [7, 11) is 0. The van der Waals surface area contributed by atoms with E-state index in [4.69, 9.17) is 37.4 Å². The number of fused-ring (bicyclic) bond motifs is 2. The SMILES string of the molecule is Cc1nccc(-c2ccc(C[C@H](NC(=O)[C@@H]3Cc4cc5c(cc4CN3C(=O)C3CCCC3)O[C@@H](c3ccc(OCc4ccc(Cl)c(Cl)c4)cc3)CO5)C(=O)O)cc2)c1C. The summed E-state index contributed by atoms with van der Waals surface area (Å²) in [5, 5.41) is 14.0. The number of rotatable bonds is 11. The summed E-state index contributed by atoms with van der Waals surface area (Å²) < 4.78 is 18.7. The summed E-state index contributed by atoms with van der Waals surface area (Å²) in [5.74, 6) is -0.0898. The highest BCUT2D eigenvalue weighted by atomic mass is 35.5. The van der Waals surface area contributed by atoms with Gasteiger partial charge in [-0.2, -0.15) is 0 Å². The third kappa shape index (κ3) is 8.89. The van der Waals surface area contributed by atoms with Crippen molar-refractivity contribution in [3.63, 3.8) is 0 Å². The molecule has 5 aromatic rings. The van der Waals surface area contributed by atoms with Crippen LogP contribution in [0.5, 0.6) is 17.2 Å². The van der Waals surface area contributed by atoms with E-state index in [1.807, 2.05) is 86.6 Å². The molecule has 1 saturated carbocycles. The number of carbonyl (C=O) groups excluding carboxylic acids is 2. The fourth-order valence-electron chi connectivity index (χ4n) is 8.24. The van der Waals surface area contributed by atoms with Crippen LogP contribution in [0.15, 0.2) is 91.1 Å². The zero-order valence-electron chi connectivity index (χ0n) is 32.9. The van der Waals surface area contributed by atoms with Crippen molar-refractivity contribution < 1.29 is 33.7 Å². The van der Waals surface area contributed by atoms with E-state index >= 15 is 0 Å².